The minimum atomic E-state index is -0.797. The Hall–Kier alpha value is -3.67. The zero-order valence-corrected chi connectivity index (χ0v) is 41.5. The summed E-state index contributed by atoms with van der Waals surface area (Å²) in [6.07, 6.45) is 68.1. The van der Waals surface area contributed by atoms with Crippen molar-refractivity contribution in [1.29, 1.82) is 0 Å². The monoisotopic (exact) mass is 889 g/mol. The highest BCUT2D eigenvalue weighted by Gasteiger charge is 2.19. The number of rotatable bonds is 46. The lowest BCUT2D eigenvalue weighted by molar-refractivity contribution is -0.167. The first-order chi connectivity index (χ1) is 31.5. The van der Waals surface area contributed by atoms with Crippen LogP contribution in [0.4, 0.5) is 0 Å². The molecule has 0 amide bonds. The Morgan fingerprint density at radius 3 is 1.03 bits per heavy atom. The molecular weight excluding hydrogens is 793 g/mol. The second kappa shape index (κ2) is 52.0. The van der Waals surface area contributed by atoms with E-state index in [1.54, 1.807) is 0 Å². The molecule has 0 rings (SSSR count). The average Bonchev–Trinajstić information content (AvgIpc) is 3.29. The van der Waals surface area contributed by atoms with Crippen molar-refractivity contribution in [2.45, 2.75) is 239 Å². The fourth-order valence-electron chi connectivity index (χ4n) is 7.07. The molecule has 0 bridgehead atoms. The summed E-state index contributed by atoms with van der Waals surface area (Å²) in [4.78, 5) is 38.0. The Kier molecular flexibility index (Phi) is 49.0. The third-order valence-corrected chi connectivity index (χ3v) is 11.0. The van der Waals surface area contributed by atoms with Gasteiger partial charge in [0.25, 0.3) is 0 Å². The third-order valence-electron chi connectivity index (χ3n) is 11.0. The molecule has 0 N–H and O–H groups in total. The summed E-state index contributed by atoms with van der Waals surface area (Å²) in [7, 11) is 0. The third kappa shape index (κ3) is 49.3. The minimum absolute atomic E-state index is 0.0932. The van der Waals surface area contributed by atoms with Gasteiger partial charge in [0.2, 0.25) is 0 Å². The Labute approximate surface area is 394 Å². The number of carbonyl (C=O) groups excluding carboxylic acids is 3. The van der Waals surface area contributed by atoms with Crippen molar-refractivity contribution in [2.75, 3.05) is 13.2 Å². The maximum Gasteiger partial charge on any atom is 0.306 e. The van der Waals surface area contributed by atoms with Crippen molar-refractivity contribution < 1.29 is 28.6 Å². The maximum absolute atomic E-state index is 12.8. The summed E-state index contributed by atoms with van der Waals surface area (Å²) in [5, 5.41) is 0. The molecule has 0 spiro atoms. The lowest BCUT2D eigenvalue weighted by Gasteiger charge is -2.18. The Balaban J connectivity index is 4.49. The largest absolute Gasteiger partial charge is 0.462 e. The lowest BCUT2D eigenvalue weighted by atomic mass is 10.0. The van der Waals surface area contributed by atoms with Crippen LogP contribution in [0.15, 0.2) is 97.2 Å². The SMILES string of the molecule is CC\C=C/C=C\C=C/C=C\C=C\C=C/C=C\CCCCCC(=O)OCC(COC(=O)CCCCCCCCCCCCCC)OC(=O)CCCCCCCCC/C=C\CCCCCC. The topological polar surface area (TPSA) is 78.9 Å². The van der Waals surface area contributed by atoms with E-state index >= 15 is 0 Å². The van der Waals surface area contributed by atoms with E-state index in [9.17, 15) is 14.4 Å². The van der Waals surface area contributed by atoms with Gasteiger partial charge in [0, 0.05) is 19.3 Å². The highest BCUT2D eigenvalue weighted by Crippen LogP contribution is 2.15. The summed E-state index contributed by atoms with van der Waals surface area (Å²) in [5.74, 6) is -0.945. The molecule has 0 heterocycles. The Morgan fingerprint density at radius 2 is 0.625 bits per heavy atom. The zero-order chi connectivity index (χ0) is 46.5. The van der Waals surface area contributed by atoms with Crippen molar-refractivity contribution in [1.82, 2.24) is 0 Å². The molecule has 0 aromatic rings. The van der Waals surface area contributed by atoms with Gasteiger partial charge in [0.15, 0.2) is 6.10 Å². The fraction of sp³-hybridized carbons (Fsp3) is 0.672. The van der Waals surface area contributed by atoms with Crippen molar-refractivity contribution in [3.63, 3.8) is 0 Å². The number of hydrogen-bond donors (Lipinski definition) is 0. The summed E-state index contributed by atoms with van der Waals surface area (Å²) in [6.45, 7) is 6.43. The summed E-state index contributed by atoms with van der Waals surface area (Å²) < 4.78 is 16.8. The molecule has 6 nitrogen and oxygen atoms in total. The number of hydrogen-bond acceptors (Lipinski definition) is 6. The number of ether oxygens (including phenoxy) is 3. The van der Waals surface area contributed by atoms with Gasteiger partial charge in [-0.2, -0.15) is 0 Å². The van der Waals surface area contributed by atoms with Crippen LogP contribution in [0, 0.1) is 0 Å². The van der Waals surface area contributed by atoms with Crippen LogP contribution in [-0.2, 0) is 28.6 Å². The van der Waals surface area contributed by atoms with Gasteiger partial charge < -0.3 is 14.2 Å². The predicted octanol–water partition coefficient (Wildman–Crippen LogP) is 17.4. The van der Waals surface area contributed by atoms with Gasteiger partial charge in [-0.15, -0.1) is 0 Å². The zero-order valence-electron chi connectivity index (χ0n) is 41.5. The predicted molar refractivity (Wildman–Crippen MR) is 274 cm³/mol. The van der Waals surface area contributed by atoms with Gasteiger partial charge >= 0.3 is 17.9 Å². The van der Waals surface area contributed by atoms with Crippen LogP contribution in [0.1, 0.15) is 233 Å². The molecule has 6 heteroatoms. The molecular formula is C58H96O6. The van der Waals surface area contributed by atoms with Crippen LogP contribution < -0.4 is 0 Å². The highest BCUT2D eigenvalue weighted by atomic mass is 16.6. The van der Waals surface area contributed by atoms with Crippen LogP contribution >= 0.6 is 0 Å². The fourth-order valence-corrected chi connectivity index (χ4v) is 7.07. The average molecular weight is 889 g/mol. The molecule has 0 aliphatic rings. The quantitative estimate of drug-likeness (QED) is 0.0199. The number of esters is 3. The molecule has 0 aliphatic heterocycles. The van der Waals surface area contributed by atoms with Crippen molar-refractivity contribution in [3.8, 4) is 0 Å². The van der Waals surface area contributed by atoms with Crippen LogP contribution in [0.2, 0.25) is 0 Å². The van der Waals surface area contributed by atoms with Gasteiger partial charge in [-0.05, 0) is 64.2 Å². The van der Waals surface area contributed by atoms with E-state index in [4.69, 9.17) is 14.2 Å². The van der Waals surface area contributed by atoms with Crippen LogP contribution in [0.5, 0.6) is 0 Å². The van der Waals surface area contributed by atoms with Gasteiger partial charge in [-0.25, -0.2) is 0 Å². The van der Waals surface area contributed by atoms with E-state index in [0.29, 0.717) is 19.3 Å². The van der Waals surface area contributed by atoms with Gasteiger partial charge in [0.1, 0.15) is 13.2 Å². The number of carbonyl (C=O) groups is 3. The molecule has 0 aliphatic carbocycles. The van der Waals surface area contributed by atoms with Crippen molar-refractivity contribution in [3.05, 3.63) is 97.2 Å². The van der Waals surface area contributed by atoms with E-state index in [1.165, 1.54) is 122 Å². The first-order valence-corrected chi connectivity index (χ1v) is 26.3. The van der Waals surface area contributed by atoms with Crippen molar-refractivity contribution in [2.24, 2.45) is 0 Å². The standard InChI is InChI=1S/C58H96O6/c1-4-7-10-13-16-19-22-25-27-28-29-30-32-33-36-39-42-45-48-51-57(60)63-54-55(53-62-56(59)50-47-44-41-38-35-24-21-18-15-12-9-6-3)64-58(61)52-49-46-43-40-37-34-31-26-23-20-17-14-11-8-5-2/h7,10,13,16,19-20,22-23,25,27-30,32-33,36,55H,4-6,8-9,11-12,14-15,17-18,21,24,26,31,34-35,37-54H2,1-3H3/b10-7-,16-13-,22-19-,23-20-,27-25-,29-28+,32-30-,36-33-. The number of allylic oxidation sites excluding steroid dienone is 16. The molecule has 0 radical (unpaired) electrons. The van der Waals surface area contributed by atoms with E-state index in [1.807, 2.05) is 72.9 Å². The van der Waals surface area contributed by atoms with Gasteiger partial charge in [-0.1, -0.05) is 246 Å². The molecule has 1 atom stereocenters. The van der Waals surface area contributed by atoms with E-state index in [2.05, 4.69) is 45.1 Å². The Bertz CT molecular complexity index is 1300. The highest BCUT2D eigenvalue weighted by molar-refractivity contribution is 5.71. The van der Waals surface area contributed by atoms with Gasteiger partial charge in [0.05, 0.1) is 0 Å². The van der Waals surface area contributed by atoms with E-state index in [0.717, 1.165) is 70.6 Å². The number of unbranched alkanes of at least 4 members (excludes halogenated alkanes) is 25. The molecule has 364 valence electrons. The summed E-state index contributed by atoms with van der Waals surface area (Å²) in [6, 6.07) is 0. The lowest BCUT2D eigenvalue weighted by Crippen LogP contribution is -2.30. The second-order valence-corrected chi connectivity index (χ2v) is 17.2. The molecule has 0 fully saturated rings. The molecule has 64 heavy (non-hydrogen) atoms. The molecule has 0 saturated carbocycles. The maximum atomic E-state index is 12.8. The van der Waals surface area contributed by atoms with Crippen molar-refractivity contribution >= 4 is 17.9 Å². The Morgan fingerprint density at radius 1 is 0.328 bits per heavy atom. The first kappa shape index (κ1) is 60.3. The van der Waals surface area contributed by atoms with E-state index in [-0.39, 0.29) is 31.1 Å². The van der Waals surface area contributed by atoms with E-state index < -0.39 is 6.10 Å². The molecule has 0 aromatic heterocycles. The van der Waals surface area contributed by atoms with Crippen LogP contribution in [0.3, 0.4) is 0 Å². The molecule has 1 unspecified atom stereocenters. The summed E-state index contributed by atoms with van der Waals surface area (Å²) >= 11 is 0. The first-order valence-electron chi connectivity index (χ1n) is 26.3. The smallest absolute Gasteiger partial charge is 0.306 e. The molecule has 0 saturated heterocycles. The minimum Gasteiger partial charge on any atom is -0.462 e. The normalized spacial score (nSPS) is 12.9. The molecule has 0 aromatic carbocycles. The second-order valence-electron chi connectivity index (χ2n) is 17.2. The van der Waals surface area contributed by atoms with Crippen LogP contribution in [0.25, 0.3) is 0 Å². The summed E-state index contributed by atoms with van der Waals surface area (Å²) in [5.41, 5.74) is 0. The van der Waals surface area contributed by atoms with Crippen LogP contribution in [-0.4, -0.2) is 37.2 Å². The van der Waals surface area contributed by atoms with Gasteiger partial charge in [-0.3, -0.25) is 14.4 Å².